The van der Waals surface area contributed by atoms with Crippen LogP contribution in [0.5, 0.6) is 0 Å². The Bertz CT molecular complexity index is 1540. The summed E-state index contributed by atoms with van der Waals surface area (Å²) in [4.78, 5) is 22.4. The van der Waals surface area contributed by atoms with Crippen molar-refractivity contribution in [1.82, 2.24) is 19.7 Å². The number of rotatable bonds is 6. The highest BCUT2D eigenvalue weighted by Gasteiger charge is 2.17. The van der Waals surface area contributed by atoms with Crippen LogP contribution in [0.25, 0.3) is 16.6 Å². The Kier molecular flexibility index (Phi) is 6.41. The molecule has 1 fully saturated rings. The molecule has 1 aliphatic heterocycles. The summed E-state index contributed by atoms with van der Waals surface area (Å²) < 4.78 is 1.88. The molecule has 0 bridgehead atoms. The van der Waals surface area contributed by atoms with Gasteiger partial charge in [-0.25, -0.2) is 14.6 Å². The molecule has 38 heavy (non-hydrogen) atoms. The van der Waals surface area contributed by atoms with Gasteiger partial charge in [-0.1, -0.05) is 0 Å². The molecule has 3 heterocycles. The monoisotopic (exact) mass is 505 g/mol. The zero-order valence-electron chi connectivity index (χ0n) is 20.7. The summed E-state index contributed by atoms with van der Waals surface area (Å²) in [5, 5.41) is 21.7. The van der Waals surface area contributed by atoms with Crippen molar-refractivity contribution in [1.29, 1.82) is 0 Å². The fourth-order valence-corrected chi connectivity index (χ4v) is 4.67. The van der Waals surface area contributed by atoms with E-state index in [9.17, 15) is 9.90 Å². The maximum absolute atomic E-state index is 12.3. The third kappa shape index (κ3) is 5.05. The molecule has 0 aliphatic carbocycles. The van der Waals surface area contributed by atoms with Gasteiger partial charge in [-0.15, -0.1) is 0 Å². The lowest BCUT2D eigenvalue weighted by atomic mass is 10.1. The Morgan fingerprint density at radius 2 is 1.47 bits per heavy atom. The lowest BCUT2D eigenvalue weighted by molar-refractivity contribution is 0.102. The molecule has 5 aromatic rings. The molecular formula is C29H27N7O2. The van der Waals surface area contributed by atoms with E-state index in [0.29, 0.717) is 11.3 Å². The topological polar surface area (TPSA) is 108 Å². The van der Waals surface area contributed by atoms with Crippen LogP contribution in [0, 0.1) is 0 Å². The zero-order valence-corrected chi connectivity index (χ0v) is 20.7. The van der Waals surface area contributed by atoms with Crippen LogP contribution in [0.4, 0.5) is 22.7 Å². The first-order chi connectivity index (χ1) is 18.6. The molecule has 3 aromatic carbocycles. The summed E-state index contributed by atoms with van der Waals surface area (Å²) in [6.45, 7) is 1.77. The number of amides is 1. The summed E-state index contributed by atoms with van der Waals surface area (Å²) >= 11 is 0. The zero-order chi connectivity index (χ0) is 25.9. The quantitative estimate of drug-likeness (QED) is 0.305. The minimum Gasteiger partial charge on any atom is -0.393 e. The predicted molar refractivity (Wildman–Crippen MR) is 148 cm³/mol. The largest absolute Gasteiger partial charge is 0.393 e. The Morgan fingerprint density at radius 1 is 0.816 bits per heavy atom. The Labute approximate surface area is 219 Å². The number of benzene rings is 3. The SMILES string of the molecule is O=C(Nc1ccc(-n2ncc3cc(Nc4ccc(N5CCC(O)CC5)cc4)ccc32)cc1)c1cncnc1. The Morgan fingerprint density at radius 3 is 2.21 bits per heavy atom. The summed E-state index contributed by atoms with van der Waals surface area (Å²) in [6, 6.07) is 22.1. The van der Waals surface area contributed by atoms with Gasteiger partial charge in [0.05, 0.1) is 29.1 Å². The number of hydrogen-bond donors (Lipinski definition) is 3. The van der Waals surface area contributed by atoms with Crippen LogP contribution >= 0.6 is 0 Å². The summed E-state index contributed by atoms with van der Waals surface area (Å²) in [6.07, 6.45) is 7.66. The van der Waals surface area contributed by atoms with Crippen molar-refractivity contribution in [2.24, 2.45) is 0 Å². The van der Waals surface area contributed by atoms with Gasteiger partial charge in [0.25, 0.3) is 5.91 Å². The molecule has 0 radical (unpaired) electrons. The normalized spacial score (nSPS) is 14.0. The summed E-state index contributed by atoms with van der Waals surface area (Å²) in [7, 11) is 0. The maximum Gasteiger partial charge on any atom is 0.258 e. The van der Waals surface area contributed by atoms with Crippen molar-refractivity contribution in [2.45, 2.75) is 18.9 Å². The third-order valence-corrected chi connectivity index (χ3v) is 6.75. The van der Waals surface area contributed by atoms with Gasteiger partial charge in [-0.2, -0.15) is 5.10 Å². The second-order valence-corrected chi connectivity index (χ2v) is 9.35. The number of aliphatic hydroxyl groups is 1. The molecule has 190 valence electrons. The fourth-order valence-electron chi connectivity index (χ4n) is 4.67. The van der Waals surface area contributed by atoms with Crippen molar-refractivity contribution in [2.75, 3.05) is 28.6 Å². The Hall–Kier alpha value is -4.76. The molecule has 9 nitrogen and oxygen atoms in total. The number of piperidine rings is 1. The van der Waals surface area contributed by atoms with E-state index in [1.165, 1.54) is 24.4 Å². The number of aromatic nitrogens is 4. The first kappa shape index (κ1) is 23.6. The number of hydrogen-bond acceptors (Lipinski definition) is 7. The van der Waals surface area contributed by atoms with E-state index < -0.39 is 0 Å². The van der Waals surface area contributed by atoms with Crippen molar-refractivity contribution in [3.63, 3.8) is 0 Å². The van der Waals surface area contributed by atoms with Gasteiger partial charge < -0.3 is 20.6 Å². The van der Waals surface area contributed by atoms with Gasteiger partial charge in [0.15, 0.2) is 0 Å². The number of carbonyl (C=O) groups excluding carboxylic acids is 1. The standard InChI is InChI=1S/C29H27N7O2/c37-27-11-13-35(14-12-27)25-6-1-22(2-7-25)33-24-5-10-28-20(15-24)18-32-36(28)26-8-3-23(4-9-26)34-29(38)21-16-30-19-31-17-21/h1-10,15-19,27,33,37H,11-14H2,(H,34,38). The highest BCUT2D eigenvalue weighted by Crippen LogP contribution is 2.27. The third-order valence-electron chi connectivity index (χ3n) is 6.75. The smallest absolute Gasteiger partial charge is 0.258 e. The number of nitrogens with zero attached hydrogens (tertiary/aromatic N) is 5. The highest BCUT2D eigenvalue weighted by molar-refractivity contribution is 6.03. The lowest BCUT2D eigenvalue weighted by Gasteiger charge is -2.31. The van der Waals surface area contributed by atoms with Gasteiger partial charge in [0.2, 0.25) is 0 Å². The first-order valence-electron chi connectivity index (χ1n) is 12.6. The van der Waals surface area contributed by atoms with E-state index in [4.69, 9.17) is 0 Å². The van der Waals surface area contributed by atoms with Crippen LogP contribution in [0.15, 0.2) is 91.6 Å². The van der Waals surface area contributed by atoms with Crippen molar-refractivity contribution in [3.8, 4) is 5.69 Å². The molecule has 1 amide bonds. The summed E-state index contributed by atoms with van der Waals surface area (Å²) in [5.41, 5.74) is 6.12. The minimum absolute atomic E-state index is 0.172. The molecule has 2 aromatic heterocycles. The van der Waals surface area contributed by atoms with Gasteiger partial charge >= 0.3 is 0 Å². The van der Waals surface area contributed by atoms with Gasteiger partial charge in [0, 0.05) is 53.6 Å². The maximum atomic E-state index is 12.3. The first-order valence-corrected chi connectivity index (χ1v) is 12.6. The van der Waals surface area contributed by atoms with E-state index in [0.717, 1.165) is 53.9 Å². The minimum atomic E-state index is -0.260. The van der Waals surface area contributed by atoms with Crippen LogP contribution in [0.1, 0.15) is 23.2 Å². The molecule has 1 saturated heterocycles. The summed E-state index contributed by atoms with van der Waals surface area (Å²) in [5.74, 6) is -0.260. The second-order valence-electron chi connectivity index (χ2n) is 9.35. The van der Waals surface area contributed by atoms with E-state index in [-0.39, 0.29) is 12.0 Å². The average Bonchev–Trinajstić information content (AvgIpc) is 3.38. The molecule has 9 heteroatoms. The van der Waals surface area contributed by atoms with Crippen molar-refractivity contribution in [3.05, 3.63) is 97.2 Å². The van der Waals surface area contributed by atoms with Crippen molar-refractivity contribution < 1.29 is 9.90 Å². The molecule has 0 saturated carbocycles. The second kappa shape index (κ2) is 10.3. The van der Waals surface area contributed by atoms with Gasteiger partial charge in [-0.3, -0.25) is 4.79 Å². The van der Waals surface area contributed by atoms with E-state index in [2.05, 4.69) is 60.9 Å². The molecule has 0 spiro atoms. The number of carbonyl (C=O) groups is 1. The highest BCUT2D eigenvalue weighted by atomic mass is 16.3. The van der Waals surface area contributed by atoms with Gasteiger partial charge in [-0.05, 0) is 79.6 Å². The fraction of sp³-hybridized carbons (Fsp3) is 0.172. The number of nitrogens with one attached hydrogen (secondary N) is 2. The number of fused-ring (bicyclic) bond motifs is 1. The molecule has 0 atom stereocenters. The van der Waals surface area contributed by atoms with Crippen LogP contribution in [-0.4, -0.2) is 50.0 Å². The molecule has 1 aliphatic rings. The van der Waals surface area contributed by atoms with Crippen LogP contribution in [0.3, 0.4) is 0 Å². The molecule has 0 unspecified atom stereocenters. The number of anilines is 4. The van der Waals surface area contributed by atoms with E-state index in [1.54, 1.807) is 0 Å². The average molecular weight is 506 g/mol. The molecule has 6 rings (SSSR count). The van der Waals surface area contributed by atoms with Crippen LogP contribution in [0.2, 0.25) is 0 Å². The van der Waals surface area contributed by atoms with Crippen LogP contribution < -0.4 is 15.5 Å². The number of aliphatic hydroxyl groups excluding tert-OH is 1. The molecular weight excluding hydrogens is 478 g/mol. The molecule has 3 N–H and O–H groups in total. The van der Waals surface area contributed by atoms with Gasteiger partial charge in [0.1, 0.15) is 6.33 Å². The van der Waals surface area contributed by atoms with Crippen molar-refractivity contribution >= 4 is 39.6 Å². The van der Waals surface area contributed by atoms with E-state index in [1.807, 2.05) is 47.3 Å². The van der Waals surface area contributed by atoms with Crippen LogP contribution in [-0.2, 0) is 0 Å². The van der Waals surface area contributed by atoms with E-state index >= 15 is 0 Å². The predicted octanol–water partition coefficient (Wildman–Crippen LogP) is 4.77. The lowest BCUT2D eigenvalue weighted by Crippen LogP contribution is -2.35. The Balaban J connectivity index is 1.13.